The number of nitrogens with zero attached hydrogens (tertiary/aromatic N) is 1. The topological polar surface area (TPSA) is 37.4 Å². The van der Waals surface area contributed by atoms with Crippen molar-refractivity contribution in [3.05, 3.63) is 0 Å². The normalized spacial score (nSPS) is 20.0. The van der Waals surface area contributed by atoms with Gasteiger partial charge in [0.25, 0.3) is 0 Å². The number of sulfone groups is 1. The molecule has 1 aliphatic rings. The van der Waals surface area contributed by atoms with Gasteiger partial charge < -0.3 is 4.90 Å². The maximum Gasteiger partial charge on any atom is 0.150 e. The van der Waals surface area contributed by atoms with Crippen molar-refractivity contribution in [3.63, 3.8) is 0 Å². The molecule has 3 nitrogen and oxygen atoms in total. The van der Waals surface area contributed by atoms with E-state index in [1.54, 1.807) is 0 Å². The Bertz CT molecular complexity index is 229. The van der Waals surface area contributed by atoms with Gasteiger partial charge in [-0.2, -0.15) is 0 Å². The smallest absolute Gasteiger partial charge is 0.150 e. The Hall–Kier alpha value is -0.0900. The van der Waals surface area contributed by atoms with Gasteiger partial charge >= 0.3 is 0 Å². The van der Waals surface area contributed by atoms with E-state index in [2.05, 4.69) is 11.8 Å². The second kappa shape index (κ2) is 6.40. The predicted octanol–water partition coefficient (Wildman–Crippen LogP) is 1.54. The first-order valence-corrected chi connectivity index (χ1v) is 7.40. The fourth-order valence-corrected chi connectivity index (χ4v) is 2.72. The Balaban J connectivity index is 0.000000791. The van der Waals surface area contributed by atoms with E-state index in [9.17, 15) is 8.42 Å². The summed E-state index contributed by atoms with van der Waals surface area (Å²) in [6, 6.07) is 0. The van der Waals surface area contributed by atoms with Gasteiger partial charge in [-0.05, 0) is 32.5 Å². The van der Waals surface area contributed by atoms with Crippen LogP contribution >= 0.6 is 0 Å². The van der Waals surface area contributed by atoms with Crippen molar-refractivity contribution in [2.24, 2.45) is 0 Å². The van der Waals surface area contributed by atoms with Gasteiger partial charge in [0.15, 0.2) is 0 Å². The van der Waals surface area contributed by atoms with Crippen molar-refractivity contribution < 1.29 is 8.42 Å². The molecule has 1 aliphatic heterocycles. The molecule has 0 bridgehead atoms. The van der Waals surface area contributed by atoms with E-state index in [0.717, 1.165) is 32.5 Å². The van der Waals surface area contributed by atoms with Crippen LogP contribution in [0.5, 0.6) is 0 Å². The lowest BCUT2D eigenvalue weighted by Gasteiger charge is -2.29. The summed E-state index contributed by atoms with van der Waals surface area (Å²) in [5.74, 6) is 0. The molecule has 0 aromatic carbocycles. The Labute approximate surface area is 88.4 Å². The molecule has 0 aromatic rings. The van der Waals surface area contributed by atoms with Crippen LogP contribution in [0.4, 0.5) is 0 Å². The monoisotopic (exact) mass is 221 g/mol. The standard InChI is InChI=1S/C8H17NO2S.C2H6/c1-3-9-6-4-8(5-7-9)12(2,10)11;1-2/h8H,3-7H2,1-2H3;1-2H3. The molecule has 1 rings (SSSR count). The SMILES string of the molecule is CC.CCN1CCC(S(C)(=O)=O)CC1. The number of hydrogen-bond donors (Lipinski definition) is 0. The van der Waals surface area contributed by atoms with Gasteiger partial charge in [0.2, 0.25) is 0 Å². The molecule has 0 aliphatic carbocycles. The summed E-state index contributed by atoms with van der Waals surface area (Å²) in [5, 5.41) is -0.0831. The van der Waals surface area contributed by atoms with Crippen molar-refractivity contribution in [2.75, 3.05) is 25.9 Å². The molecule has 4 heteroatoms. The number of rotatable bonds is 2. The Morgan fingerprint density at radius 1 is 1.21 bits per heavy atom. The zero-order valence-electron chi connectivity index (χ0n) is 9.78. The molecular weight excluding hydrogens is 198 g/mol. The van der Waals surface area contributed by atoms with E-state index in [1.165, 1.54) is 6.26 Å². The third kappa shape index (κ3) is 4.42. The van der Waals surface area contributed by atoms with Gasteiger partial charge in [-0.15, -0.1) is 0 Å². The molecule has 0 aromatic heterocycles. The molecule has 0 amide bonds. The molecule has 1 fully saturated rings. The van der Waals surface area contributed by atoms with E-state index in [1.807, 2.05) is 13.8 Å². The number of piperidine rings is 1. The maximum atomic E-state index is 11.2. The van der Waals surface area contributed by atoms with Crippen LogP contribution < -0.4 is 0 Å². The van der Waals surface area contributed by atoms with Gasteiger partial charge in [-0.25, -0.2) is 8.42 Å². The molecule has 0 radical (unpaired) electrons. The van der Waals surface area contributed by atoms with Crippen LogP contribution in [-0.4, -0.2) is 44.5 Å². The summed E-state index contributed by atoms with van der Waals surface area (Å²) in [7, 11) is -2.78. The minimum atomic E-state index is -2.78. The van der Waals surface area contributed by atoms with Crippen LogP contribution in [0.1, 0.15) is 33.6 Å². The quantitative estimate of drug-likeness (QED) is 0.710. The Morgan fingerprint density at radius 2 is 1.64 bits per heavy atom. The summed E-state index contributed by atoms with van der Waals surface area (Å²) in [6.07, 6.45) is 2.97. The highest BCUT2D eigenvalue weighted by Crippen LogP contribution is 2.16. The molecule has 0 spiro atoms. The second-order valence-corrected chi connectivity index (χ2v) is 5.79. The highest BCUT2D eigenvalue weighted by molar-refractivity contribution is 7.91. The maximum absolute atomic E-state index is 11.2. The van der Waals surface area contributed by atoms with Crippen LogP contribution in [-0.2, 0) is 9.84 Å². The lowest BCUT2D eigenvalue weighted by Crippen LogP contribution is -2.38. The molecule has 86 valence electrons. The van der Waals surface area contributed by atoms with Crippen LogP contribution in [0.15, 0.2) is 0 Å². The molecule has 0 atom stereocenters. The van der Waals surface area contributed by atoms with E-state index in [-0.39, 0.29) is 5.25 Å². The predicted molar refractivity (Wildman–Crippen MR) is 61.3 cm³/mol. The molecule has 0 saturated carbocycles. The van der Waals surface area contributed by atoms with Crippen LogP contribution in [0.25, 0.3) is 0 Å². The highest BCUT2D eigenvalue weighted by atomic mass is 32.2. The molecule has 0 N–H and O–H groups in total. The summed E-state index contributed by atoms with van der Waals surface area (Å²) in [5.41, 5.74) is 0. The Kier molecular flexibility index (Phi) is 6.36. The van der Waals surface area contributed by atoms with Crippen molar-refractivity contribution >= 4 is 9.84 Å². The van der Waals surface area contributed by atoms with Gasteiger partial charge in [0.05, 0.1) is 5.25 Å². The molecule has 1 heterocycles. The first-order valence-electron chi connectivity index (χ1n) is 5.45. The minimum Gasteiger partial charge on any atom is -0.304 e. The van der Waals surface area contributed by atoms with E-state index >= 15 is 0 Å². The zero-order chi connectivity index (χ0) is 11.2. The average Bonchev–Trinajstić information content (AvgIpc) is 2.20. The van der Waals surface area contributed by atoms with Gasteiger partial charge in [0, 0.05) is 6.26 Å². The van der Waals surface area contributed by atoms with Gasteiger partial charge in [-0.1, -0.05) is 20.8 Å². The lowest BCUT2D eigenvalue weighted by molar-refractivity contribution is 0.241. The minimum absolute atomic E-state index is 0.0831. The molecule has 14 heavy (non-hydrogen) atoms. The van der Waals surface area contributed by atoms with E-state index in [0.29, 0.717) is 0 Å². The second-order valence-electron chi connectivity index (χ2n) is 3.46. The lowest BCUT2D eigenvalue weighted by atomic mass is 10.1. The van der Waals surface area contributed by atoms with Crippen molar-refractivity contribution in [2.45, 2.75) is 38.9 Å². The largest absolute Gasteiger partial charge is 0.304 e. The molecular formula is C10H23NO2S. The van der Waals surface area contributed by atoms with Crippen LogP contribution in [0.3, 0.4) is 0 Å². The summed E-state index contributed by atoms with van der Waals surface area (Å²) >= 11 is 0. The highest BCUT2D eigenvalue weighted by Gasteiger charge is 2.25. The third-order valence-electron chi connectivity index (χ3n) is 2.59. The third-order valence-corrected chi connectivity index (χ3v) is 4.27. The number of likely N-dealkylation sites (tertiary alicyclic amines) is 1. The first-order chi connectivity index (χ1) is 6.54. The van der Waals surface area contributed by atoms with E-state index < -0.39 is 9.84 Å². The van der Waals surface area contributed by atoms with Crippen LogP contribution in [0, 0.1) is 0 Å². The van der Waals surface area contributed by atoms with Gasteiger partial charge in [0.1, 0.15) is 9.84 Å². The fraction of sp³-hybridized carbons (Fsp3) is 1.00. The fourth-order valence-electron chi connectivity index (χ4n) is 1.65. The zero-order valence-corrected chi connectivity index (χ0v) is 10.6. The Morgan fingerprint density at radius 3 is 1.93 bits per heavy atom. The summed E-state index contributed by atoms with van der Waals surface area (Å²) in [4.78, 5) is 2.29. The summed E-state index contributed by atoms with van der Waals surface area (Å²) in [6.45, 7) is 9.03. The van der Waals surface area contributed by atoms with Crippen molar-refractivity contribution in [1.29, 1.82) is 0 Å². The van der Waals surface area contributed by atoms with Crippen molar-refractivity contribution in [3.8, 4) is 0 Å². The summed E-state index contributed by atoms with van der Waals surface area (Å²) < 4.78 is 22.3. The number of hydrogen-bond acceptors (Lipinski definition) is 3. The van der Waals surface area contributed by atoms with Crippen molar-refractivity contribution in [1.82, 2.24) is 4.90 Å². The molecule has 1 saturated heterocycles. The molecule has 0 unspecified atom stereocenters. The van der Waals surface area contributed by atoms with Crippen LogP contribution in [0.2, 0.25) is 0 Å². The van der Waals surface area contributed by atoms with E-state index in [4.69, 9.17) is 0 Å². The first kappa shape index (κ1) is 13.9. The van der Waals surface area contributed by atoms with Gasteiger partial charge in [-0.3, -0.25) is 0 Å². The average molecular weight is 221 g/mol.